The Kier molecular flexibility index (Phi) is 69.4. The summed E-state index contributed by atoms with van der Waals surface area (Å²) in [5, 5.41) is 10.6. The Morgan fingerprint density at radius 2 is 0.596 bits per heavy atom. The maximum Gasteiger partial charge on any atom is 0.472 e. The number of unbranched alkanes of at least 4 members (excludes halogenated alkanes) is 43. The zero-order chi connectivity index (χ0) is 72.8. The standard InChI is InChI=1S/C80H152O17P2/c1-7-10-12-14-16-18-20-22-24-25-26-27-28-29-31-33-35-40-44-52-58-64-79(84)96-75(68-90-77(82)62-56-50-43-39-34-32-30-23-21-19-17-15-13-11-8-2)70-94-98(86,87)92-66-74(81)67-93-99(88,89)95-71-76(69-91-78(83)63-57-51-47-46-48-54-60-72(4)5)97-80(85)65-59-53-45-41-37-36-38-42-49-55-61-73(6)9-3/h19,21,23,30,72-76,81H,7-18,20,22,24-29,31-71H2,1-6H3,(H,86,87)(H,88,89)/b21-19-,30-23-/t73?,74-,75-,76-/m1/s1. The van der Waals surface area contributed by atoms with Crippen LogP contribution in [0.5, 0.6) is 0 Å². The Hall–Kier alpha value is -2.46. The lowest BCUT2D eigenvalue weighted by Gasteiger charge is -2.21. The van der Waals surface area contributed by atoms with E-state index >= 15 is 0 Å². The zero-order valence-corrected chi connectivity index (χ0v) is 66.1. The van der Waals surface area contributed by atoms with E-state index in [9.17, 15) is 43.2 Å². The van der Waals surface area contributed by atoms with Crippen molar-refractivity contribution in [3.63, 3.8) is 0 Å². The largest absolute Gasteiger partial charge is 0.472 e. The number of carbonyl (C=O) groups excluding carboxylic acids is 4. The molecule has 99 heavy (non-hydrogen) atoms. The van der Waals surface area contributed by atoms with Crippen LogP contribution in [0.2, 0.25) is 0 Å². The molecule has 0 saturated heterocycles. The second kappa shape index (κ2) is 71.2. The van der Waals surface area contributed by atoms with Gasteiger partial charge in [-0.1, -0.05) is 342 Å². The number of rotatable bonds is 77. The van der Waals surface area contributed by atoms with Crippen molar-refractivity contribution in [2.24, 2.45) is 11.8 Å². The minimum Gasteiger partial charge on any atom is -0.462 e. The number of esters is 4. The van der Waals surface area contributed by atoms with Crippen molar-refractivity contribution in [3.8, 4) is 0 Å². The van der Waals surface area contributed by atoms with Gasteiger partial charge >= 0.3 is 39.5 Å². The maximum absolute atomic E-state index is 13.1. The fraction of sp³-hybridized carbons (Fsp3) is 0.900. The van der Waals surface area contributed by atoms with E-state index in [-0.39, 0.29) is 25.7 Å². The van der Waals surface area contributed by atoms with Crippen molar-refractivity contribution in [2.45, 2.75) is 413 Å². The molecular weight excluding hydrogens is 1290 g/mol. The van der Waals surface area contributed by atoms with E-state index in [1.165, 1.54) is 186 Å². The van der Waals surface area contributed by atoms with E-state index in [0.717, 1.165) is 121 Å². The molecule has 0 spiro atoms. The third-order valence-corrected chi connectivity index (χ3v) is 20.3. The van der Waals surface area contributed by atoms with Crippen molar-refractivity contribution >= 4 is 39.5 Å². The van der Waals surface area contributed by atoms with Crippen LogP contribution in [0.3, 0.4) is 0 Å². The van der Waals surface area contributed by atoms with Gasteiger partial charge in [-0.05, 0) is 63.2 Å². The summed E-state index contributed by atoms with van der Waals surface area (Å²) in [5.41, 5.74) is 0. The molecule has 0 rings (SSSR count). The molecule has 3 N–H and O–H groups in total. The Balaban J connectivity index is 5.24. The first-order valence-electron chi connectivity index (χ1n) is 40.8. The number of ether oxygens (including phenoxy) is 4. The fourth-order valence-electron chi connectivity index (χ4n) is 11.8. The van der Waals surface area contributed by atoms with Crippen LogP contribution in [0.4, 0.5) is 0 Å². The molecule has 0 aromatic carbocycles. The summed E-state index contributed by atoms with van der Waals surface area (Å²) in [6, 6.07) is 0. The minimum absolute atomic E-state index is 0.102. The quantitative estimate of drug-likeness (QED) is 0.0169. The highest BCUT2D eigenvalue weighted by Crippen LogP contribution is 2.45. The van der Waals surface area contributed by atoms with Gasteiger partial charge in [-0.15, -0.1) is 0 Å². The van der Waals surface area contributed by atoms with Crippen molar-refractivity contribution in [2.75, 3.05) is 39.6 Å². The predicted octanol–water partition coefficient (Wildman–Crippen LogP) is 23.4. The Morgan fingerprint density at radius 1 is 0.333 bits per heavy atom. The number of phosphoric ester groups is 2. The first-order valence-corrected chi connectivity index (χ1v) is 43.8. The number of aliphatic hydroxyl groups excluding tert-OH is 1. The third-order valence-electron chi connectivity index (χ3n) is 18.4. The first-order chi connectivity index (χ1) is 47.9. The smallest absolute Gasteiger partial charge is 0.462 e. The summed E-state index contributed by atoms with van der Waals surface area (Å²) in [5.74, 6) is -0.666. The molecule has 6 atom stereocenters. The fourth-order valence-corrected chi connectivity index (χ4v) is 13.4. The van der Waals surface area contributed by atoms with Crippen LogP contribution in [0, 0.1) is 11.8 Å². The molecule has 0 radical (unpaired) electrons. The van der Waals surface area contributed by atoms with E-state index in [1.807, 2.05) is 0 Å². The van der Waals surface area contributed by atoms with E-state index in [1.54, 1.807) is 0 Å². The van der Waals surface area contributed by atoms with Gasteiger partial charge < -0.3 is 33.8 Å². The average Bonchev–Trinajstić information content (AvgIpc) is 0.987. The Bertz CT molecular complexity index is 2000. The summed E-state index contributed by atoms with van der Waals surface area (Å²) in [4.78, 5) is 72.9. The molecule has 0 heterocycles. The Labute approximate surface area is 605 Å². The van der Waals surface area contributed by atoms with Crippen LogP contribution in [-0.4, -0.2) is 96.7 Å². The van der Waals surface area contributed by atoms with Gasteiger partial charge in [-0.2, -0.15) is 0 Å². The van der Waals surface area contributed by atoms with Gasteiger partial charge in [0.05, 0.1) is 26.4 Å². The van der Waals surface area contributed by atoms with Crippen LogP contribution in [0.25, 0.3) is 0 Å². The second-order valence-corrected chi connectivity index (χ2v) is 31.7. The molecule has 0 bridgehead atoms. The average molecular weight is 1450 g/mol. The molecular formula is C80H152O17P2. The highest BCUT2D eigenvalue weighted by molar-refractivity contribution is 7.47. The van der Waals surface area contributed by atoms with Crippen molar-refractivity contribution < 1.29 is 80.2 Å². The van der Waals surface area contributed by atoms with Crippen molar-refractivity contribution in [1.29, 1.82) is 0 Å². The molecule has 0 amide bonds. The SMILES string of the molecule is CCCCCC/C=C\C=C/CCCCCCCC(=O)OC[C@H](COP(=O)(O)OC[C@@H](O)COP(=O)(O)OC[C@@H](COC(=O)CCCCCCCCC(C)C)OC(=O)CCCCCCCCCCCCC(C)CC)OC(=O)CCCCCCCCCCCCCCCCCCCCCCC. The van der Waals surface area contributed by atoms with Gasteiger partial charge in [0.25, 0.3) is 0 Å². The number of hydrogen-bond donors (Lipinski definition) is 3. The summed E-state index contributed by atoms with van der Waals surface area (Å²) in [7, 11) is -9.93. The van der Waals surface area contributed by atoms with Crippen LogP contribution < -0.4 is 0 Å². The number of aliphatic hydroxyl groups is 1. The lowest BCUT2D eigenvalue weighted by molar-refractivity contribution is -0.161. The highest BCUT2D eigenvalue weighted by atomic mass is 31.2. The zero-order valence-electron chi connectivity index (χ0n) is 64.3. The molecule has 0 aliphatic heterocycles. The molecule has 584 valence electrons. The molecule has 3 unspecified atom stereocenters. The molecule has 0 aliphatic rings. The van der Waals surface area contributed by atoms with Gasteiger partial charge in [-0.25, -0.2) is 9.13 Å². The summed E-state index contributed by atoms with van der Waals surface area (Å²) in [6.07, 6.45) is 63.5. The van der Waals surface area contributed by atoms with E-state index in [4.69, 9.17) is 37.0 Å². The van der Waals surface area contributed by atoms with Crippen molar-refractivity contribution in [3.05, 3.63) is 24.3 Å². The molecule has 0 aromatic heterocycles. The lowest BCUT2D eigenvalue weighted by Crippen LogP contribution is -2.30. The van der Waals surface area contributed by atoms with Crippen LogP contribution in [0.15, 0.2) is 24.3 Å². The van der Waals surface area contributed by atoms with Crippen LogP contribution in [-0.2, 0) is 65.4 Å². The molecule has 0 aliphatic carbocycles. The van der Waals surface area contributed by atoms with Crippen LogP contribution in [0.1, 0.15) is 395 Å². The molecule has 19 heteroatoms. The topological polar surface area (TPSA) is 237 Å². The minimum atomic E-state index is -4.97. The highest BCUT2D eigenvalue weighted by Gasteiger charge is 2.30. The number of hydrogen-bond acceptors (Lipinski definition) is 15. The van der Waals surface area contributed by atoms with Gasteiger partial charge in [0.1, 0.15) is 19.3 Å². The van der Waals surface area contributed by atoms with Crippen molar-refractivity contribution in [1.82, 2.24) is 0 Å². The third kappa shape index (κ3) is 72.3. The van der Waals surface area contributed by atoms with Gasteiger partial charge in [-0.3, -0.25) is 37.3 Å². The van der Waals surface area contributed by atoms with E-state index in [2.05, 4.69) is 65.8 Å². The molecule has 0 saturated carbocycles. The van der Waals surface area contributed by atoms with Gasteiger partial charge in [0, 0.05) is 25.7 Å². The number of carbonyl (C=O) groups is 4. The first kappa shape index (κ1) is 96.5. The van der Waals surface area contributed by atoms with E-state index in [0.29, 0.717) is 31.6 Å². The second-order valence-electron chi connectivity index (χ2n) is 28.8. The van der Waals surface area contributed by atoms with E-state index < -0.39 is 97.5 Å². The summed E-state index contributed by atoms with van der Waals surface area (Å²) >= 11 is 0. The number of phosphoric acid groups is 2. The maximum atomic E-state index is 13.1. The lowest BCUT2D eigenvalue weighted by atomic mass is 9.99. The Morgan fingerprint density at radius 3 is 0.909 bits per heavy atom. The number of allylic oxidation sites excluding steroid dienone is 4. The van der Waals surface area contributed by atoms with Gasteiger partial charge in [0.2, 0.25) is 0 Å². The normalized spacial score (nSPS) is 14.4. The summed E-state index contributed by atoms with van der Waals surface area (Å²) < 4.78 is 68.6. The molecule has 0 aromatic rings. The summed E-state index contributed by atoms with van der Waals surface area (Å²) in [6.45, 7) is 9.49. The van der Waals surface area contributed by atoms with Gasteiger partial charge in [0.15, 0.2) is 12.2 Å². The predicted molar refractivity (Wildman–Crippen MR) is 404 cm³/mol. The molecule has 17 nitrogen and oxygen atoms in total. The monoisotopic (exact) mass is 1450 g/mol. The van der Waals surface area contributed by atoms with Crippen LogP contribution >= 0.6 is 15.6 Å². The molecule has 0 fully saturated rings.